The van der Waals surface area contributed by atoms with Crippen LogP contribution in [-0.2, 0) is 11.2 Å². The molecule has 3 aromatic rings. The van der Waals surface area contributed by atoms with Crippen molar-refractivity contribution in [2.24, 2.45) is 0 Å². The number of anilines is 1. The van der Waals surface area contributed by atoms with Crippen LogP contribution in [0.4, 0.5) is 5.69 Å². The standard InChI is InChI=1S/C23H26N4O3/c1-17-6-8-18(9-7-17)23-25-24-21(30-23)10-11-22(28)27-14-12-26(13-15-27)19-4-3-5-20(16-19)29-2/h3-9,16H,10-15H2,1-2H3. The van der Waals surface area contributed by atoms with Gasteiger partial charge in [0.1, 0.15) is 5.75 Å². The molecule has 1 fully saturated rings. The minimum atomic E-state index is 0.121. The first kappa shape index (κ1) is 19.9. The molecule has 0 N–H and O–H groups in total. The summed E-state index contributed by atoms with van der Waals surface area (Å²) >= 11 is 0. The first-order valence-corrected chi connectivity index (χ1v) is 10.2. The van der Waals surface area contributed by atoms with E-state index in [2.05, 4.69) is 21.2 Å². The number of hydrogen-bond donors (Lipinski definition) is 0. The van der Waals surface area contributed by atoms with Gasteiger partial charge in [-0.2, -0.15) is 0 Å². The number of carbonyl (C=O) groups is 1. The van der Waals surface area contributed by atoms with Crippen LogP contribution in [0.15, 0.2) is 52.9 Å². The van der Waals surface area contributed by atoms with Crippen LogP contribution < -0.4 is 9.64 Å². The molecule has 0 spiro atoms. The molecule has 0 saturated carbocycles. The van der Waals surface area contributed by atoms with Gasteiger partial charge in [-0.3, -0.25) is 4.79 Å². The Bertz CT molecular complexity index is 992. The third-order valence-corrected chi connectivity index (χ3v) is 5.37. The van der Waals surface area contributed by atoms with Gasteiger partial charge in [0, 0.05) is 56.3 Å². The number of piperazine rings is 1. The summed E-state index contributed by atoms with van der Waals surface area (Å²) in [5, 5.41) is 8.20. The van der Waals surface area contributed by atoms with Gasteiger partial charge in [0.15, 0.2) is 0 Å². The predicted molar refractivity (Wildman–Crippen MR) is 115 cm³/mol. The Labute approximate surface area is 176 Å². The van der Waals surface area contributed by atoms with Crippen LogP contribution in [0, 0.1) is 6.92 Å². The molecule has 1 saturated heterocycles. The van der Waals surface area contributed by atoms with Crippen molar-refractivity contribution < 1.29 is 13.9 Å². The van der Waals surface area contributed by atoms with Crippen LogP contribution in [0.5, 0.6) is 5.75 Å². The number of benzene rings is 2. The number of nitrogens with zero attached hydrogens (tertiary/aromatic N) is 4. The van der Waals surface area contributed by atoms with Gasteiger partial charge in [-0.15, -0.1) is 10.2 Å². The summed E-state index contributed by atoms with van der Waals surface area (Å²) in [4.78, 5) is 16.8. The first-order valence-electron chi connectivity index (χ1n) is 10.2. The molecule has 156 valence electrons. The highest BCUT2D eigenvalue weighted by Gasteiger charge is 2.22. The van der Waals surface area contributed by atoms with E-state index in [1.165, 1.54) is 5.56 Å². The SMILES string of the molecule is COc1cccc(N2CCN(C(=O)CCc3nnc(-c4ccc(C)cc4)o3)CC2)c1. The number of carbonyl (C=O) groups excluding carboxylic acids is 1. The Kier molecular flexibility index (Phi) is 5.97. The number of aromatic nitrogens is 2. The van der Waals surface area contributed by atoms with Crippen molar-refractivity contribution in [3.8, 4) is 17.2 Å². The van der Waals surface area contributed by atoms with Gasteiger partial charge < -0.3 is 19.0 Å². The van der Waals surface area contributed by atoms with Crippen LogP contribution in [0.25, 0.3) is 11.5 Å². The average molecular weight is 406 g/mol. The van der Waals surface area contributed by atoms with Gasteiger partial charge >= 0.3 is 0 Å². The summed E-state index contributed by atoms with van der Waals surface area (Å²) in [5.41, 5.74) is 3.19. The van der Waals surface area contributed by atoms with Crippen molar-refractivity contribution >= 4 is 11.6 Å². The highest BCUT2D eigenvalue weighted by Crippen LogP contribution is 2.23. The molecular formula is C23H26N4O3. The maximum Gasteiger partial charge on any atom is 0.247 e. The first-order chi connectivity index (χ1) is 14.6. The minimum Gasteiger partial charge on any atom is -0.497 e. The topological polar surface area (TPSA) is 71.7 Å². The smallest absolute Gasteiger partial charge is 0.247 e. The Morgan fingerprint density at radius 2 is 1.83 bits per heavy atom. The molecule has 0 radical (unpaired) electrons. The van der Waals surface area contributed by atoms with Crippen LogP contribution in [-0.4, -0.2) is 54.3 Å². The van der Waals surface area contributed by atoms with E-state index in [0.29, 0.717) is 37.7 Å². The van der Waals surface area contributed by atoms with Crippen molar-refractivity contribution in [3.05, 3.63) is 60.0 Å². The highest BCUT2D eigenvalue weighted by atomic mass is 16.5. The lowest BCUT2D eigenvalue weighted by Gasteiger charge is -2.36. The van der Waals surface area contributed by atoms with E-state index in [4.69, 9.17) is 9.15 Å². The number of amides is 1. The number of hydrogen-bond acceptors (Lipinski definition) is 6. The van der Waals surface area contributed by atoms with E-state index in [9.17, 15) is 4.79 Å². The quantitative estimate of drug-likeness (QED) is 0.625. The minimum absolute atomic E-state index is 0.121. The van der Waals surface area contributed by atoms with E-state index in [-0.39, 0.29) is 5.91 Å². The summed E-state index contributed by atoms with van der Waals surface area (Å²) in [6, 6.07) is 16.0. The van der Waals surface area contributed by atoms with Crippen LogP contribution in [0.3, 0.4) is 0 Å². The summed E-state index contributed by atoms with van der Waals surface area (Å²) in [6.07, 6.45) is 0.822. The molecule has 7 heteroatoms. The average Bonchev–Trinajstić information content (AvgIpc) is 3.27. The summed E-state index contributed by atoms with van der Waals surface area (Å²) in [5.74, 6) is 1.95. The van der Waals surface area contributed by atoms with Gasteiger partial charge in [0.2, 0.25) is 17.7 Å². The molecule has 1 aromatic heterocycles. The largest absolute Gasteiger partial charge is 0.497 e. The van der Waals surface area contributed by atoms with E-state index in [0.717, 1.165) is 30.1 Å². The normalized spacial score (nSPS) is 14.1. The van der Waals surface area contributed by atoms with E-state index < -0.39 is 0 Å². The fourth-order valence-electron chi connectivity index (χ4n) is 3.56. The predicted octanol–water partition coefficient (Wildman–Crippen LogP) is 3.34. The Hall–Kier alpha value is -3.35. The second kappa shape index (κ2) is 8.98. The van der Waals surface area contributed by atoms with Crippen molar-refractivity contribution in [3.63, 3.8) is 0 Å². The van der Waals surface area contributed by atoms with Crippen molar-refractivity contribution in [2.75, 3.05) is 38.2 Å². The molecule has 2 heterocycles. The fourth-order valence-corrected chi connectivity index (χ4v) is 3.56. The summed E-state index contributed by atoms with van der Waals surface area (Å²) < 4.78 is 11.0. The molecular weight excluding hydrogens is 380 g/mol. The van der Waals surface area contributed by atoms with Gasteiger partial charge in [-0.25, -0.2) is 0 Å². The number of rotatable bonds is 6. The Balaban J connectivity index is 1.28. The second-order valence-electron chi connectivity index (χ2n) is 7.44. The van der Waals surface area contributed by atoms with Crippen molar-refractivity contribution in [2.45, 2.75) is 19.8 Å². The molecule has 7 nitrogen and oxygen atoms in total. The molecule has 0 unspecified atom stereocenters. The molecule has 30 heavy (non-hydrogen) atoms. The molecule has 4 rings (SSSR count). The van der Waals surface area contributed by atoms with Crippen LogP contribution in [0.2, 0.25) is 0 Å². The lowest BCUT2D eigenvalue weighted by Crippen LogP contribution is -2.48. The van der Waals surface area contributed by atoms with Crippen LogP contribution in [0.1, 0.15) is 17.9 Å². The Morgan fingerprint density at radius 3 is 2.57 bits per heavy atom. The Morgan fingerprint density at radius 1 is 1.07 bits per heavy atom. The molecule has 1 aliphatic rings. The van der Waals surface area contributed by atoms with Gasteiger partial charge in [-0.1, -0.05) is 23.8 Å². The number of aryl methyl sites for hydroxylation is 2. The van der Waals surface area contributed by atoms with Gasteiger partial charge in [0.05, 0.1) is 7.11 Å². The zero-order valence-electron chi connectivity index (χ0n) is 17.4. The zero-order valence-corrected chi connectivity index (χ0v) is 17.4. The van der Waals surface area contributed by atoms with Gasteiger partial charge in [0.25, 0.3) is 0 Å². The van der Waals surface area contributed by atoms with E-state index >= 15 is 0 Å². The summed E-state index contributed by atoms with van der Waals surface area (Å²) in [6.45, 7) is 5.04. The van der Waals surface area contributed by atoms with Crippen molar-refractivity contribution in [1.82, 2.24) is 15.1 Å². The summed E-state index contributed by atoms with van der Waals surface area (Å²) in [7, 11) is 1.67. The van der Waals surface area contributed by atoms with E-state index in [1.54, 1.807) is 7.11 Å². The lowest BCUT2D eigenvalue weighted by molar-refractivity contribution is -0.131. The molecule has 1 amide bonds. The highest BCUT2D eigenvalue weighted by molar-refractivity contribution is 5.76. The van der Waals surface area contributed by atoms with E-state index in [1.807, 2.05) is 54.3 Å². The molecule has 1 aliphatic heterocycles. The third kappa shape index (κ3) is 4.62. The zero-order chi connectivity index (χ0) is 20.9. The third-order valence-electron chi connectivity index (χ3n) is 5.37. The monoisotopic (exact) mass is 406 g/mol. The lowest BCUT2D eigenvalue weighted by atomic mass is 10.1. The van der Waals surface area contributed by atoms with Gasteiger partial charge in [-0.05, 0) is 31.2 Å². The molecule has 0 aliphatic carbocycles. The number of ether oxygens (including phenoxy) is 1. The molecule has 2 aromatic carbocycles. The molecule has 0 bridgehead atoms. The van der Waals surface area contributed by atoms with Crippen molar-refractivity contribution in [1.29, 1.82) is 0 Å². The maximum absolute atomic E-state index is 12.6. The maximum atomic E-state index is 12.6. The fraction of sp³-hybridized carbons (Fsp3) is 0.348. The number of methoxy groups -OCH3 is 1. The second-order valence-corrected chi connectivity index (χ2v) is 7.44. The van der Waals surface area contributed by atoms with Crippen LogP contribution >= 0.6 is 0 Å². The molecule has 0 atom stereocenters.